The fourth-order valence-electron chi connectivity index (χ4n) is 1.92. The molecular weight excluding hydrogens is 284 g/mol. The summed E-state index contributed by atoms with van der Waals surface area (Å²) >= 11 is 1.39. The number of thiophene rings is 1. The quantitative estimate of drug-likeness (QED) is 0.862. The molecule has 0 spiro atoms. The maximum Gasteiger partial charge on any atom is 0.261 e. The minimum Gasteiger partial charge on any atom is -0.351 e. The van der Waals surface area contributed by atoms with E-state index in [9.17, 15) is 9.59 Å². The number of rotatable bonds is 6. The summed E-state index contributed by atoms with van der Waals surface area (Å²) in [6.07, 6.45) is 0.272. The molecule has 0 saturated carbocycles. The number of carbonyl (C=O) groups excluding carboxylic acids is 2. The van der Waals surface area contributed by atoms with Crippen LogP contribution in [0, 0.1) is 0 Å². The number of hydrogen-bond donors (Lipinski definition) is 2. The van der Waals surface area contributed by atoms with Gasteiger partial charge in [-0.05, 0) is 23.9 Å². The van der Waals surface area contributed by atoms with Gasteiger partial charge < -0.3 is 10.6 Å². The SMILES string of the molecule is CC(NC(=O)CCNC(=O)c1cccs1)c1ccccc1. The fourth-order valence-corrected chi connectivity index (χ4v) is 2.56. The minimum atomic E-state index is -0.131. The monoisotopic (exact) mass is 302 g/mol. The second-order valence-corrected chi connectivity index (χ2v) is 5.63. The van der Waals surface area contributed by atoms with Gasteiger partial charge in [0.1, 0.15) is 0 Å². The van der Waals surface area contributed by atoms with Crippen molar-refractivity contribution in [3.05, 3.63) is 58.3 Å². The smallest absolute Gasteiger partial charge is 0.261 e. The molecule has 0 fully saturated rings. The lowest BCUT2D eigenvalue weighted by molar-refractivity contribution is -0.121. The van der Waals surface area contributed by atoms with Crippen LogP contribution >= 0.6 is 11.3 Å². The van der Waals surface area contributed by atoms with Crippen molar-refractivity contribution in [1.82, 2.24) is 10.6 Å². The Labute approximate surface area is 128 Å². The number of amides is 2. The summed E-state index contributed by atoms with van der Waals surface area (Å²) in [5.41, 5.74) is 1.06. The van der Waals surface area contributed by atoms with Gasteiger partial charge >= 0.3 is 0 Å². The molecule has 1 aromatic heterocycles. The van der Waals surface area contributed by atoms with Gasteiger partial charge in [-0.2, -0.15) is 0 Å². The predicted molar refractivity (Wildman–Crippen MR) is 84.3 cm³/mol. The van der Waals surface area contributed by atoms with Crippen molar-refractivity contribution in [2.75, 3.05) is 6.54 Å². The lowest BCUT2D eigenvalue weighted by Crippen LogP contribution is -2.31. The van der Waals surface area contributed by atoms with Gasteiger partial charge in [-0.25, -0.2) is 0 Å². The Morgan fingerprint density at radius 1 is 1.14 bits per heavy atom. The van der Waals surface area contributed by atoms with E-state index >= 15 is 0 Å². The molecule has 0 radical (unpaired) electrons. The molecule has 2 rings (SSSR count). The van der Waals surface area contributed by atoms with Crippen molar-refractivity contribution in [3.8, 4) is 0 Å². The van der Waals surface area contributed by atoms with Crippen LogP contribution < -0.4 is 10.6 Å². The highest BCUT2D eigenvalue weighted by Crippen LogP contribution is 2.11. The first-order valence-electron chi connectivity index (χ1n) is 6.83. The molecule has 4 nitrogen and oxygen atoms in total. The molecule has 0 saturated heterocycles. The first kappa shape index (κ1) is 15.3. The molecule has 1 unspecified atom stereocenters. The van der Waals surface area contributed by atoms with E-state index in [0.29, 0.717) is 11.4 Å². The summed E-state index contributed by atoms with van der Waals surface area (Å²) in [6.45, 7) is 2.28. The molecule has 2 amide bonds. The van der Waals surface area contributed by atoms with Gasteiger partial charge in [-0.3, -0.25) is 9.59 Å². The van der Waals surface area contributed by atoms with Crippen LogP contribution in [0.25, 0.3) is 0 Å². The molecule has 1 atom stereocenters. The van der Waals surface area contributed by atoms with Crippen LogP contribution in [-0.2, 0) is 4.79 Å². The molecule has 110 valence electrons. The average molecular weight is 302 g/mol. The van der Waals surface area contributed by atoms with Crippen molar-refractivity contribution in [2.24, 2.45) is 0 Å². The third-order valence-electron chi connectivity index (χ3n) is 3.06. The van der Waals surface area contributed by atoms with E-state index in [-0.39, 0.29) is 24.3 Å². The molecule has 21 heavy (non-hydrogen) atoms. The lowest BCUT2D eigenvalue weighted by Gasteiger charge is -2.14. The molecule has 1 aromatic carbocycles. The van der Waals surface area contributed by atoms with Crippen LogP contribution in [0.4, 0.5) is 0 Å². The van der Waals surface area contributed by atoms with Crippen LogP contribution in [-0.4, -0.2) is 18.4 Å². The average Bonchev–Trinajstić information content (AvgIpc) is 3.02. The highest BCUT2D eigenvalue weighted by Gasteiger charge is 2.10. The molecule has 0 aliphatic heterocycles. The first-order chi connectivity index (χ1) is 10.2. The van der Waals surface area contributed by atoms with E-state index < -0.39 is 0 Å². The van der Waals surface area contributed by atoms with Gasteiger partial charge in [0.15, 0.2) is 0 Å². The lowest BCUT2D eigenvalue weighted by atomic mass is 10.1. The third kappa shape index (κ3) is 4.72. The second kappa shape index (κ2) is 7.59. The third-order valence-corrected chi connectivity index (χ3v) is 3.93. The Hall–Kier alpha value is -2.14. The summed E-state index contributed by atoms with van der Waals surface area (Å²) in [4.78, 5) is 24.2. The van der Waals surface area contributed by atoms with Crippen molar-refractivity contribution in [2.45, 2.75) is 19.4 Å². The van der Waals surface area contributed by atoms with Crippen LogP contribution in [0.1, 0.15) is 34.6 Å². The summed E-state index contributed by atoms with van der Waals surface area (Å²) in [5, 5.41) is 7.51. The zero-order valence-electron chi connectivity index (χ0n) is 11.8. The van der Waals surface area contributed by atoms with E-state index in [2.05, 4.69) is 10.6 Å². The van der Waals surface area contributed by atoms with E-state index in [1.807, 2.05) is 48.7 Å². The van der Waals surface area contributed by atoms with E-state index in [0.717, 1.165) is 5.56 Å². The summed E-state index contributed by atoms with van der Waals surface area (Å²) < 4.78 is 0. The highest BCUT2D eigenvalue weighted by atomic mass is 32.1. The van der Waals surface area contributed by atoms with Gasteiger partial charge in [0.05, 0.1) is 10.9 Å². The molecule has 0 bridgehead atoms. The largest absolute Gasteiger partial charge is 0.351 e. The molecule has 0 aliphatic carbocycles. The maximum absolute atomic E-state index is 11.8. The molecule has 2 aromatic rings. The Balaban J connectivity index is 1.71. The van der Waals surface area contributed by atoms with E-state index in [1.165, 1.54) is 11.3 Å². The van der Waals surface area contributed by atoms with Gasteiger partial charge in [-0.1, -0.05) is 36.4 Å². The van der Waals surface area contributed by atoms with Gasteiger partial charge in [0, 0.05) is 13.0 Å². The Morgan fingerprint density at radius 3 is 2.57 bits per heavy atom. The summed E-state index contributed by atoms with van der Waals surface area (Å²) in [7, 11) is 0. The standard InChI is InChI=1S/C16H18N2O2S/c1-12(13-6-3-2-4-7-13)18-15(19)9-10-17-16(20)14-8-5-11-21-14/h2-8,11-12H,9-10H2,1H3,(H,17,20)(H,18,19). The first-order valence-corrected chi connectivity index (χ1v) is 7.71. The maximum atomic E-state index is 11.8. The fraction of sp³-hybridized carbons (Fsp3) is 0.250. The summed E-state index contributed by atoms with van der Waals surface area (Å²) in [5.74, 6) is -0.202. The van der Waals surface area contributed by atoms with Crippen LogP contribution in [0.2, 0.25) is 0 Å². The Kier molecular flexibility index (Phi) is 5.51. The van der Waals surface area contributed by atoms with Crippen molar-refractivity contribution < 1.29 is 9.59 Å². The topological polar surface area (TPSA) is 58.2 Å². The highest BCUT2D eigenvalue weighted by molar-refractivity contribution is 7.12. The molecule has 1 heterocycles. The predicted octanol–water partition coefficient (Wildman–Crippen LogP) is 2.75. The number of carbonyl (C=O) groups is 2. The zero-order valence-corrected chi connectivity index (χ0v) is 12.7. The van der Waals surface area contributed by atoms with E-state index in [1.54, 1.807) is 6.07 Å². The number of nitrogens with one attached hydrogen (secondary N) is 2. The second-order valence-electron chi connectivity index (χ2n) is 4.68. The molecule has 2 N–H and O–H groups in total. The van der Waals surface area contributed by atoms with Crippen molar-refractivity contribution in [3.63, 3.8) is 0 Å². The normalized spacial score (nSPS) is 11.7. The van der Waals surface area contributed by atoms with Crippen molar-refractivity contribution >= 4 is 23.2 Å². The zero-order chi connectivity index (χ0) is 15.1. The van der Waals surface area contributed by atoms with Crippen LogP contribution in [0.5, 0.6) is 0 Å². The van der Waals surface area contributed by atoms with Gasteiger partial charge in [0.2, 0.25) is 5.91 Å². The van der Waals surface area contributed by atoms with Crippen molar-refractivity contribution in [1.29, 1.82) is 0 Å². The molecule has 0 aliphatic rings. The molecule has 5 heteroatoms. The van der Waals surface area contributed by atoms with Gasteiger partial charge in [0.25, 0.3) is 5.91 Å². The molecular formula is C16H18N2O2S. The number of benzene rings is 1. The Morgan fingerprint density at radius 2 is 1.90 bits per heavy atom. The minimum absolute atomic E-state index is 0.0355. The van der Waals surface area contributed by atoms with E-state index in [4.69, 9.17) is 0 Å². The van der Waals surface area contributed by atoms with Crippen LogP contribution in [0.3, 0.4) is 0 Å². The van der Waals surface area contributed by atoms with Crippen LogP contribution in [0.15, 0.2) is 47.8 Å². The Bertz CT molecular complexity index is 582. The van der Waals surface area contributed by atoms with Gasteiger partial charge in [-0.15, -0.1) is 11.3 Å². The summed E-state index contributed by atoms with van der Waals surface area (Å²) in [6, 6.07) is 13.3. The number of hydrogen-bond acceptors (Lipinski definition) is 3.